The number of hydrogen-bond donors (Lipinski definition) is 1. The van der Waals surface area contributed by atoms with Gasteiger partial charge in [-0.1, -0.05) is 22.0 Å². The molecule has 0 fully saturated rings. The highest BCUT2D eigenvalue weighted by Gasteiger charge is 2.04. The molecule has 3 rings (SSSR count). The lowest BCUT2D eigenvalue weighted by Crippen LogP contribution is -1.97. The summed E-state index contributed by atoms with van der Waals surface area (Å²) in [6, 6.07) is 12.5. The summed E-state index contributed by atoms with van der Waals surface area (Å²) in [5.41, 5.74) is 2.35. The van der Waals surface area contributed by atoms with E-state index in [0.717, 1.165) is 22.5 Å². The molecule has 0 unspecified atom stereocenters. The molecule has 0 saturated heterocycles. The van der Waals surface area contributed by atoms with E-state index in [0.29, 0.717) is 0 Å². The first kappa shape index (κ1) is 14.6. The van der Waals surface area contributed by atoms with Crippen LogP contribution in [0.15, 0.2) is 51.6 Å². The Morgan fingerprint density at radius 2 is 2.10 bits per heavy atom. The fourth-order valence-electron chi connectivity index (χ4n) is 2.02. The third-order valence-corrected chi connectivity index (χ3v) is 5.35. The minimum atomic E-state index is 0.815. The van der Waals surface area contributed by atoms with Gasteiger partial charge in [-0.3, -0.25) is 0 Å². The van der Waals surface area contributed by atoms with Crippen molar-refractivity contribution in [3.05, 3.63) is 56.5 Å². The van der Waals surface area contributed by atoms with Crippen LogP contribution in [0.25, 0.3) is 10.4 Å². The molecule has 21 heavy (non-hydrogen) atoms. The van der Waals surface area contributed by atoms with Crippen molar-refractivity contribution in [1.82, 2.24) is 0 Å². The van der Waals surface area contributed by atoms with Crippen LogP contribution in [0.2, 0.25) is 0 Å². The number of halogens is 1. The van der Waals surface area contributed by atoms with Crippen molar-refractivity contribution in [2.45, 2.75) is 6.54 Å². The van der Waals surface area contributed by atoms with Gasteiger partial charge in [0.2, 0.25) is 0 Å². The van der Waals surface area contributed by atoms with Crippen LogP contribution in [-0.4, -0.2) is 7.11 Å². The van der Waals surface area contributed by atoms with Gasteiger partial charge in [0.25, 0.3) is 0 Å². The minimum Gasteiger partial charge on any atom is -0.497 e. The summed E-state index contributed by atoms with van der Waals surface area (Å²) < 4.78 is 6.28. The largest absolute Gasteiger partial charge is 0.497 e. The van der Waals surface area contributed by atoms with E-state index in [1.165, 1.54) is 15.3 Å². The second-order valence-electron chi connectivity index (χ2n) is 4.51. The molecule has 2 nitrogen and oxygen atoms in total. The fourth-order valence-corrected chi connectivity index (χ4v) is 4.10. The van der Waals surface area contributed by atoms with Gasteiger partial charge in [0.15, 0.2) is 0 Å². The molecule has 2 aromatic heterocycles. The molecule has 0 radical (unpaired) electrons. The second-order valence-corrected chi connectivity index (χ2v) is 7.37. The van der Waals surface area contributed by atoms with Crippen molar-refractivity contribution in [2.24, 2.45) is 0 Å². The van der Waals surface area contributed by atoms with Crippen LogP contribution in [-0.2, 0) is 6.54 Å². The summed E-state index contributed by atoms with van der Waals surface area (Å²) in [6.45, 7) is 0.815. The number of hydrogen-bond acceptors (Lipinski definition) is 4. The normalized spacial score (nSPS) is 10.6. The summed E-state index contributed by atoms with van der Waals surface area (Å²) >= 11 is 7.05. The summed E-state index contributed by atoms with van der Waals surface area (Å²) in [4.78, 5) is 2.64. The zero-order valence-corrected chi connectivity index (χ0v) is 14.6. The Bertz CT molecular complexity index is 722. The van der Waals surface area contributed by atoms with Crippen molar-refractivity contribution in [3.8, 4) is 16.2 Å². The summed E-state index contributed by atoms with van der Waals surface area (Å²) in [5.74, 6) is 0.845. The van der Waals surface area contributed by atoms with Crippen molar-refractivity contribution < 1.29 is 4.74 Å². The average molecular weight is 380 g/mol. The highest BCUT2D eigenvalue weighted by molar-refractivity contribution is 9.10. The zero-order chi connectivity index (χ0) is 14.7. The van der Waals surface area contributed by atoms with Gasteiger partial charge in [0.1, 0.15) is 5.75 Å². The van der Waals surface area contributed by atoms with E-state index in [2.05, 4.69) is 56.3 Å². The number of rotatable bonds is 5. The molecule has 108 valence electrons. The topological polar surface area (TPSA) is 21.3 Å². The Kier molecular flexibility index (Phi) is 4.63. The molecular formula is C16H14BrNOS2. The Morgan fingerprint density at radius 3 is 2.86 bits per heavy atom. The van der Waals surface area contributed by atoms with Crippen molar-refractivity contribution in [1.29, 1.82) is 0 Å². The third kappa shape index (κ3) is 3.67. The number of methoxy groups -OCH3 is 1. The van der Waals surface area contributed by atoms with Crippen LogP contribution in [0.3, 0.4) is 0 Å². The Balaban J connectivity index is 1.69. The SMILES string of the molecule is COc1cc(Br)cc(NCc2cc(-c3cccs3)cs2)c1. The van der Waals surface area contributed by atoms with Gasteiger partial charge in [-0.2, -0.15) is 0 Å². The number of ether oxygens (including phenoxy) is 1. The molecule has 0 amide bonds. The van der Waals surface area contributed by atoms with Gasteiger partial charge in [-0.15, -0.1) is 22.7 Å². The monoisotopic (exact) mass is 379 g/mol. The number of anilines is 1. The minimum absolute atomic E-state index is 0.815. The first-order valence-electron chi connectivity index (χ1n) is 6.44. The lowest BCUT2D eigenvalue weighted by molar-refractivity contribution is 0.414. The van der Waals surface area contributed by atoms with Gasteiger partial charge >= 0.3 is 0 Å². The lowest BCUT2D eigenvalue weighted by Gasteiger charge is -2.08. The second kappa shape index (κ2) is 6.64. The molecule has 0 atom stereocenters. The van der Waals surface area contributed by atoms with E-state index in [9.17, 15) is 0 Å². The van der Waals surface area contributed by atoms with Crippen molar-refractivity contribution in [3.63, 3.8) is 0 Å². The maximum atomic E-state index is 5.27. The highest BCUT2D eigenvalue weighted by atomic mass is 79.9. The number of benzene rings is 1. The molecule has 1 aromatic carbocycles. The van der Waals surface area contributed by atoms with Gasteiger partial charge < -0.3 is 10.1 Å². The maximum Gasteiger partial charge on any atom is 0.122 e. The molecule has 0 saturated carbocycles. The van der Waals surface area contributed by atoms with Crippen LogP contribution in [0.5, 0.6) is 5.75 Å². The average Bonchev–Trinajstić information content (AvgIpc) is 3.15. The molecule has 5 heteroatoms. The van der Waals surface area contributed by atoms with E-state index < -0.39 is 0 Å². The van der Waals surface area contributed by atoms with Gasteiger partial charge in [-0.25, -0.2) is 0 Å². The van der Waals surface area contributed by atoms with Crippen molar-refractivity contribution in [2.75, 3.05) is 12.4 Å². The molecular weight excluding hydrogens is 366 g/mol. The highest BCUT2D eigenvalue weighted by Crippen LogP contribution is 2.30. The van der Waals surface area contributed by atoms with E-state index >= 15 is 0 Å². The van der Waals surface area contributed by atoms with Gasteiger partial charge in [0, 0.05) is 38.1 Å². The summed E-state index contributed by atoms with van der Waals surface area (Å²) in [7, 11) is 1.68. The molecule has 0 aliphatic carbocycles. The molecule has 0 aliphatic heterocycles. The Hall–Kier alpha value is -1.30. The smallest absolute Gasteiger partial charge is 0.122 e. The standard InChI is InChI=1S/C16H14BrNOS2/c1-19-14-7-12(17)6-13(8-14)18-9-15-5-11(10-21-15)16-3-2-4-20-16/h2-8,10,18H,9H2,1H3. The van der Waals surface area contributed by atoms with E-state index in [-0.39, 0.29) is 0 Å². The number of thiophene rings is 2. The predicted molar refractivity (Wildman–Crippen MR) is 95.7 cm³/mol. The van der Waals surface area contributed by atoms with Crippen LogP contribution in [0.4, 0.5) is 5.69 Å². The van der Waals surface area contributed by atoms with Crippen LogP contribution >= 0.6 is 38.6 Å². The van der Waals surface area contributed by atoms with E-state index in [1.54, 1.807) is 29.8 Å². The number of nitrogens with one attached hydrogen (secondary N) is 1. The first-order chi connectivity index (χ1) is 10.2. The maximum absolute atomic E-state index is 5.27. The quantitative estimate of drug-likeness (QED) is 0.599. The van der Waals surface area contributed by atoms with E-state index in [1.807, 2.05) is 12.1 Å². The molecule has 2 heterocycles. The third-order valence-electron chi connectivity index (χ3n) is 3.03. The molecule has 3 aromatic rings. The molecule has 1 N–H and O–H groups in total. The van der Waals surface area contributed by atoms with Crippen molar-refractivity contribution >= 4 is 44.3 Å². The van der Waals surface area contributed by atoms with Gasteiger partial charge in [-0.05, 0) is 35.0 Å². The summed E-state index contributed by atoms with van der Waals surface area (Å²) in [6.07, 6.45) is 0. The van der Waals surface area contributed by atoms with Gasteiger partial charge in [0.05, 0.1) is 7.11 Å². The predicted octanol–water partition coefficient (Wildman–Crippen LogP) is 5.86. The van der Waals surface area contributed by atoms with Crippen LogP contribution < -0.4 is 10.1 Å². The van der Waals surface area contributed by atoms with Crippen LogP contribution in [0.1, 0.15) is 4.88 Å². The molecule has 0 bridgehead atoms. The van der Waals surface area contributed by atoms with Crippen LogP contribution in [0, 0.1) is 0 Å². The molecule has 0 aliphatic rings. The Labute approximate surface area is 140 Å². The zero-order valence-electron chi connectivity index (χ0n) is 11.4. The summed E-state index contributed by atoms with van der Waals surface area (Å²) in [5, 5.41) is 7.76. The lowest BCUT2D eigenvalue weighted by atomic mass is 10.2. The Morgan fingerprint density at radius 1 is 1.19 bits per heavy atom. The fraction of sp³-hybridized carbons (Fsp3) is 0.125. The van der Waals surface area contributed by atoms with E-state index in [4.69, 9.17) is 4.74 Å². The first-order valence-corrected chi connectivity index (χ1v) is 8.99. The molecule has 0 spiro atoms.